The lowest BCUT2D eigenvalue weighted by Crippen LogP contribution is -2.46. The number of aliphatic carboxylic acids is 1. The number of thioether (sulfide) groups is 1. The highest BCUT2D eigenvalue weighted by Gasteiger charge is 2.35. The zero-order valence-electron chi connectivity index (χ0n) is 10.4. The zero-order chi connectivity index (χ0) is 13.6. The third kappa shape index (κ3) is 3.91. The van der Waals surface area contributed by atoms with Gasteiger partial charge in [0.05, 0.1) is 11.8 Å². The molecule has 6 heteroatoms. The molecule has 1 aliphatic rings. The minimum atomic E-state index is -0.897. The Balaban J connectivity index is 2.42. The van der Waals surface area contributed by atoms with Gasteiger partial charge in [0.2, 0.25) is 5.91 Å². The molecule has 1 aliphatic carbocycles. The van der Waals surface area contributed by atoms with Gasteiger partial charge in [0, 0.05) is 0 Å². The van der Waals surface area contributed by atoms with Gasteiger partial charge in [0.1, 0.15) is 10.8 Å². The molecular formula is C12H18N2O3S. The monoisotopic (exact) mass is 270 g/mol. The van der Waals surface area contributed by atoms with E-state index in [0.29, 0.717) is 19.3 Å². The van der Waals surface area contributed by atoms with Crippen molar-refractivity contribution in [2.24, 2.45) is 0 Å². The van der Waals surface area contributed by atoms with Crippen LogP contribution in [0.3, 0.4) is 0 Å². The van der Waals surface area contributed by atoms with E-state index in [-0.39, 0.29) is 11.7 Å². The summed E-state index contributed by atoms with van der Waals surface area (Å²) in [4.78, 5) is 22.5. The molecule has 0 aromatic carbocycles. The number of rotatable bonds is 6. The smallest absolute Gasteiger partial charge is 0.316 e. The van der Waals surface area contributed by atoms with E-state index >= 15 is 0 Å². The van der Waals surface area contributed by atoms with Crippen LogP contribution in [-0.2, 0) is 9.59 Å². The molecule has 0 aliphatic heterocycles. The largest absolute Gasteiger partial charge is 0.480 e. The summed E-state index contributed by atoms with van der Waals surface area (Å²) >= 11 is 1.11. The maximum atomic E-state index is 11.7. The number of carboxylic acid groups (broad SMARTS) is 1. The number of amides is 1. The van der Waals surface area contributed by atoms with Gasteiger partial charge in [-0.15, -0.1) is 11.8 Å². The van der Waals surface area contributed by atoms with Crippen LogP contribution in [0.2, 0.25) is 0 Å². The van der Waals surface area contributed by atoms with Crippen molar-refractivity contribution in [3.63, 3.8) is 0 Å². The van der Waals surface area contributed by atoms with Crippen LogP contribution in [0, 0.1) is 11.3 Å². The molecule has 0 saturated heterocycles. The SMILES string of the molecule is CCC(SCC(=O)NC1(C#N)CCCC1)C(=O)O. The fourth-order valence-electron chi connectivity index (χ4n) is 2.09. The van der Waals surface area contributed by atoms with E-state index in [1.54, 1.807) is 6.92 Å². The van der Waals surface area contributed by atoms with Crippen molar-refractivity contribution in [1.29, 1.82) is 5.26 Å². The molecule has 1 fully saturated rings. The molecule has 0 bridgehead atoms. The Bertz CT molecular complexity index is 359. The molecule has 0 radical (unpaired) electrons. The summed E-state index contributed by atoms with van der Waals surface area (Å²) in [6, 6.07) is 2.18. The summed E-state index contributed by atoms with van der Waals surface area (Å²) in [5, 5.41) is 20.2. The molecule has 0 aromatic rings. The molecule has 1 atom stereocenters. The fraction of sp³-hybridized carbons (Fsp3) is 0.750. The second-order valence-corrected chi connectivity index (χ2v) is 5.69. The molecule has 100 valence electrons. The lowest BCUT2D eigenvalue weighted by atomic mass is 10.0. The quantitative estimate of drug-likeness (QED) is 0.764. The number of carbonyl (C=O) groups excluding carboxylic acids is 1. The normalized spacial score (nSPS) is 18.9. The van der Waals surface area contributed by atoms with Gasteiger partial charge in [0.15, 0.2) is 0 Å². The minimum Gasteiger partial charge on any atom is -0.480 e. The van der Waals surface area contributed by atoms with Gasteiger partial charge >= 0.3 is 5.97 Å². The maximum absolute atomic E-state index is 11.7. The number of nitriles is 1. The number of nitrogens with one attached hydrogen (secondary N) is 1. The fourth-order valence-corrected chi connectivity index (χ4v) is 2.89. The Kier molecular flexibility index (Phi) is 5.48. The van der Waals surface area contributed by atoms with E-state index in [2.05, 4.69) is 11.4 Å². The van der Waals surface area contributed by atoms with Crippen LogP contribution in [0.25, 0.3) is 0 Å². The molecule has 1 saturated carbocycles. The topological polar surface area (TPSA) is 90.2 Å². The summed E-state index contributed by atoms with van der Waals surface area (Å²) in [7, 11) is 0. The number of hydrogen-bond donors (Lipinski definition) is 2. The van der Waals surface area contributed by atoms with E-state index in [4.69, 9.17) is 10.4 Å². The van der Waals surface area contributed by atoms with Gasteiger partial charge < -0.3 is 10.4 Å². The Labute approximate surface area is 111 Å². The first-order valence-corrected chi connectivity index (χ1v) is 7.14. The number of carbonyl (C=O) groups is 2. The molecule has 18 heavy (non-hydrogen) atoms. The molecule has 0 heterocycles. The van der Waals surface area contributed by atoms with Gasteiger partial charge in [-0.05, 0) is 32.1 Å². The standard InChI is InChI=1S/C12H18N2O3S/c1-2-9(11(16)17)18-7-10(15)14-12(8-13)5-3-4-6-12/h9H,2-7H2,1H3,(H,14,15)(H,16,17). The predicted molar refractivity (Wildman–Crippen MR) is 69.1 cm³/mol. The van der Waals surface area contributed by atoms with Crippen LogP contribution in [-0.4, -0.2) is 33.5 Å². The van der Waals surface area contributed by atoms with E-state index in [1.165, 1.54) is 0 Å². The van der Waals surface area contributed by atoms with Gasteiger partial charge in [-0.2, -0.15) is 5.26 Å². The van der Waals surface area contributed by atoms with Crippen molar-refractivity contribution in [3.8, 4) is 6.07 Å². The molecule has 0 spiro atoms. The summed E-state index contributed by atoms with van der Waals surface area (Å²) in [5.74, 6) is -1.05. The van der Waals surface area contributed by atoms with Gasteiger partial charge in [-0.3, -0.25) is 9.59 Å². The average molecular weight is 270 g/mol. The summed E-state index contributed by atoms with van der Waals surface area (Å²) in [5.41, 5.74) is -0.720. The van der Waals surface area contributed by atoms with Crippen molar-refractivity contribution in [1.82, 2.24) is 5.32 Å². The second kappa shape index (κ2) is 6.64. The molecule has 1 unspecified atom stereocenters. The Hall–Kier alpha value is -1.22. The second-order valence-electron chi connectivity index (χ2n) is 4.50. The third-order valence-electron chi connectivity index (χ3n) is 3.11. The summed E-state index contributed by atoms with van der Waals surface area (Å²) < 4.78 is 0. The van der Waals surface area contributed by atoms with Crippen LogP contribution in [0.5, 0.6) is 0 Å². The third-order valence-corrected chi connectivity index (χ3v) is 4.48. The van der Waals surface area contributed by atoms with Crippen LogP contribution in [0.4, 0.5) is 0 Å². The van der Waals surface area contributed by atoms with Crippen LogP contribution in [0.15, 0.2) is 0 Å². The predicted octanol–water partition coefficient (Wildman–Crippen LogP) is 1.54. The zero-order valence-corrected chi connectivity index (χ0v) is 11.3. The lowest BCUT2D eigenvalue weighted by molar-refractivity contribution is -0.136. The highest BCUT2D eigenvalue weighted by atomic mass is 32.2. The average Bonchev–Trinajstić information content (AvgIpc) is 2.78. The van der Waals surface area contributed by atoms with E-state index in [0.717, 1.165) is 24.6 Å². The molecule has 5 nitrogen and oxygen atoms in total. The van der Waals surface area contributed by atoms with Gasteiger partial charge in [-0.1, -0.05) is 6.92 Å². The van der Waals surface area contributed by atoms with E-state index in [1.807, 2.05) is 0 Å². The maximum Gasteiger partial charge on any atom is 0.316 e. The summed E-state index contributed by atoms with van der Waals surface area (Å²) in [6.45, 7) is 1.78. The van der Waals surface area contributed by atoms with Gasteiger partial charge in [-0.25, -0.2) is 0 Å². The van der Waals surface area contributed by atoms with Gasteiger partial charge in [0.25, 0.3) is 0 Å². The molecule has 0 aromatic heterocycles. The Morgan fingerprint density at radius 1 is 1.50 bits per heavy atom. The number of nitrogens with zero attached hydrogens (tertiary/aromatic N) is 1. The highest BCUT2D eigenvalue weighted by Crippen LogP contribution is 2.29. The first kappa shape index (κ1) is 14.8. The molecule has 1 rings (SSSR count). The Morgan fingerprint density at radius 3 is 2.56 bits per heavy atom. The molecule has 2 N–H and O–H groups in total. The van der Waals surface area contributed by atoms with E-state index in [9.17, 15) is 9.59 Å². The minimum absolute atomic E-state index is 0.0915. The van der Waals surface area contributed by atoms with Crippen molar-refractivity contribution >= 4 is 23.6 Å². The van der Waals surface area contributed by atoms with Crippen molar-refractivity contribution in [2.75, 3.05) is 5.75 Å². The first-order valence-electron chi connectivity index (χ1n) is 6.09. The lowest BCUT2D eigenvalue weighted by Gasteiger charge is -2.22. The van der Waals surface area contributed by atoms with Crippen LogP contribution < -0.4 is 5.32 Å². The summed E-state index contributed by atoms with van der Waals surface area (Å²) in [6.07, 6.45) is 3.77. The number of carboxylic acids is 1. The van der Waals surface area contributed by atoms with Crippen LogP contribution >= 0.6 is 11.8 Å². The number of hydrogen-bond acceptors (Lipinski definition) is 4. The van der Waals surface area contributed by atoms with Crippen molar-refractivity contribution < 1.29 is 14.7 Å². The Morgan fingerprint density at radius 2 is 2.11 bits per heavy atom. The van der Waals surface area contributed by atoms with Crippen LogP contribution in [0.1, 0.15) is 39.0 Å². The van der Waals surface area contributed by atoms with Crippen molar-refractivity contribution in [2.45, 2.75) is 49.8 Å². The molecular weight excluding hydrogens is 252 g/mol. The van der Waals surface area contributed by atoms with Crippen molar-refractivity contribution in [3.05, 3.63) is 0 Å². The molecule has 1 amide bonds. The highest BCUT2D eigenvalue weighted by molar-refractivity contribution is 8.01. The first-order chi connectivity index (χ1) is 8.53. The van der Waals surface area contributed by atoms with E-state index < -0.39 is 16.8 Å².